The van der Waals surface area contributed by atoms with Gasteiger partial charge in [-0.1, -0.05) is 24.3 Å². The molecule has 1 fully saturated rings. The molecule has 3 heterocycles. The van der Waals surface area contributed by atoms with Crippen molar-refractivity contribution in [2.75, 3.05) is 10.8 Å². The Morgan fingerprint density at radius 1 is 1.19 bits per heavy atom. The minimum atomic E-state index is -1.40. The van der Waals surface area contributed by atoms with Crippen LogP contribution in [0.4, 0.5) is 5.69 Å². The Labute approximate surface area is 185 Å². The van der Waals surface area contributed by atoms with E-state index in [4.69, 9.17) is 5.84 Å². The second-order valence-corrected chi connectivity index (χ2v) is 8.99. The summed E-state index contributed by atoms with van der Waals surface area (Å²) in [6.07, 6.45) is 0.142. The Kier molecular flexibility index (Phi) is 5.81. The molecule has 2 aliphatic rings. The van der Waals surface area contributed by atoms with Gasteiger partial charge in [-0.15, -0.1) is 23.1 Å². The van der Waals surface area contributed by atoms with E-state index < -0.39 is 34.9 Å². The van der Waals surface area contributed by atoms with Crippen LogP contribution in [0.1, 0.15) is 4.88 Å². The maximum Gasteiger partial charge on any atom is 0.353 e. The summed E-state index contributed by atoms with van der Waals surface area (Å²) in [5.74, 6) is 2.98. The molecular weight excluding hydrogens is 440 g/mol. The Morgan fingerprint density at radius 2 is 1.94 bits per heavy atom. The molecule has 0 bridgehead atoms. The van der Waals surface area contributed by atoms with Crippen LogP contribution in [0.25, 0.3) is 0 Å². The highest BCUT2D eigenvalue weighted by molar-refractivity contribution is 8.00. The Hall–Kier alpha value is -3.15. The zero-order valence-corrected chi connectivity index (χ0v) is 17.7. The first-order chi connectivity index (χ1) is 14.9. The number of benzene rings is 1. The molecular formula is C20H18N4O5S2. The van der Waals surface area contributed by atoms with Gasteiger partial charge in [0.05, 0.1) is 17.7 Å². The van der Waals surface area contributed by atoms with E-state index in [0.29, 0.717) is 5.69 Å². The van der Waals surface area contributed by atoms with Gasteiger partial charge in [-0.2, -0.15) is 0 Å². The van der Waals surface area contributed by atoms with E-state index in [-0.39, 0.29) is 23.7 Å². The molecule has 1 aromatic carbocycles. The number of anilines is 1. The summed E-state index contributed by atoms with van der Waals surface area (Å²) >= 11 is 2.65. The third kappa shape index (κ3) is 3.94. The number of carbonyl (C=O) groups excluding carboxylic acids is 3. The molecule has 0 spiro atoms. The molecule has 11 heteroatoms. The van der Waals surface area contributed by atoms with Crippen molar-refractivity contribution in [2.24, 2.45) is 5.84 Å². The molecule has 1 saturated heterocycles. The second kappa shape index (κ2) is 8.53. The third-order valence-corrected chi connectivity index (χ3v) is 7.07. The van der Waals surface area contributed by atoms with E-state index in [2.05, 4.69) is 5.32 Å². The van der Waals surface area contributed by atoms with Crippen LogP contribution in [-0.2, 0) is 25.6 Å². The van der Waals surface area contributed by atoms with Crippen LogP contribution in [0.15, 0.2) is 59.1 Å². The number of carbonyl (C=O) groups is 4. The normalized spacial score (nSPS) is 20.0. The largest absolute Gasteiger partial charge is 0.477 e. The van der Waals surface area contributed by atoms with Crippen LogP contribution < -0.4 is 16.2 Å². The number of amides is 3. The van der Waals surface area contributed by atoms with Crippen LogP contribution >= 0.6 is 23.1 Å². The number of hydrogen-bond donors (Lipinski definition) is 3. The minimum Gasteiger partial charge on any atom is -0.477 e. The lowest BCUT2D eigenvalue weighted by molar-refractivity contribution is -0.150. The van der Waals surface area contributed by atoms with Gasteiger partial charge in [0.15, 0.2) is 0 Å². The summed E-state index contributed by atoms with van der Waals surface area (Å²) in [4.78, 5) is 51.7. The number of aliphatic carboxylic acids is 1. The number of thiophene rings is 1. The number of nitrogens with two attached hydrogens (primary N) is 1. The maximum absolute atomic E-state index is 12.9. The van der Waals surface area contributed by atoms with Crippen LogP contribution in [0, 0.1) is 0 Å². The fourth-order valence-electron chi connectivity index (χ4n) is 3.43. The standard InChI is InChI=1S/C20H18N4O5S2/c21-24(11-5-2-1-3-6-11)17(26)13-10-31-19-15(18(27)23(19)16(13)20(28)29)22-14(25)9-12-7-4-8-30-12/h1-8,15,19H,9-10,21H2,(H,22,25)(H,28,29)/t15?,19-/m1/s1. The van der Waals surface area contributed by atoms with E-state index >= 15 is 0 Å². The number of para-hydroxylation sites is 1. The van der Waals surface area contributed by atoms with Gasteiger partial charge in [-0.3, -0.25) is 19.3 Å². The van der Waals surface area contributed by atoms with Crippen LogP contribution in [0.5, 0.6) is 0 Å². The predicted molar refractivity (Wildman–Crippen MR) is 116 cm³/mol. The third-order valence-electron chi connectivity index (χ3n) is 4.91. The van der Waals surface area contributed by atoms with Crippen LogP contribution in [0.3, 0.4) is 0 Å². The smallest absolute Gasteiger partial charge is 0.353 e. The van der Waals surface area contributed by atoms with Gasteiger partial charge >= 0.3 is 5.97 Å². The number of nitrogens with one attached hydrogen (secondary N) is 1. The summed E-state index contributed by atoms with van der Waals surface area (Å²) in [6, 6.07) is 11.2. The molecule has 4 rings (SSSR count). The number of hydrazine groups is 1. The topological polar surface area (TPSA) is 133 Å². The molecule has 31 heavy (non-hydrogen) atoms. The van der Waals surface area contributed by atoms with E-state index in [1.807, 2.05) is 17.5 Å². The predicted octanol–water partition coefficient (Wildman–Crippen LogP) is 0.936. The van der Waals surface area contributed by atoms with Crippen molar-refractivity contribution in [1.82, 2.24) is 10.2 Å². The second-order valence-electron chi connectivity index (χ2n) is 6.85. The van der Waals surface area contributed by atoms with E-state index in [1.54, 1.807) is 30.3 Å². The summed E-state index contributed by atoms with van der Waals surface area (Å²) < 4.78 is 0. The number of hydrogen-bond acceptors (Lipinski definition) is 7. The van der Waals surface area contributed by atoms with Crippen molar-refractivity contribution < 1.29 is 24.3 Å². The zero-order chi connectivity index (χ0) is 22.1. The Balaban J connectivity index is 1.53. The van der Waals surface area contributed by atoms with Crippen molar-refractivity contribution in [2.45, 2.75) is 17.8 Å². The molecule has 0 saturated carbocycles. The highest BCUT2D eigenvalue weighted by atomic mass is 32.2. The number of rotatable bonds is 6. The van der Waals surface area contributed by atoms with Gasteiger partial charge in [0, 0.05) is 10.6 Å². The first kappa shape index (κ1) is 21.1. The van der Waals surface area contributed by atoms with Gasteiger partial charge in [0.25, 0.3) is 11.8 Å². The van der Waals surface area contributed by atoms with Gasteiger partial charge in [0.2, 0.25) is 5.91 Å². The van der Waals surface area contributed by atoms with Gasteiger partial charge in [-0.25, -0.2) is 15.6 Å². The fourth-order valence-corrected chi connectivity index (χ4v) is 5.47. The quantitative estimate of drug-likeness (QED) is 0.254. The van der Waals surface area contributed by atoms with Crippen molar-refractivity contribution in [1.29, 1.82) is 0 Å². The maximum atomic E-state index is 12.9. The molecule has 2 aromatic rings. The lowest BCUT2D eigenvalue weighted by Crippen LogP contribution is -2.71. The SMILES string of the molecule is NN(C(=O)C1=C(C(=O)O)N2C(=O)C(NC(=O)Cc3cccs3)[C@H]2SC1)c1ccccc1. The summed E-state index contributed by atoms with van der Waals surface area (Å²) in [7, 11) is 0. The summed E-state index contributed by atoms with van der Waals surface area (Å²) in [6.45, 7) is 0. The number of carboxylic acid groups (broad SMARTS) is 1. The molecule has 0 aliphatic carbocycles. The number of nitrogens with zero attached hydrogens (tertiary/aromatic N) is 2. The number of thioether (sulfide) groups is 1. The molecule has 2 aliphatic heterocycles. The summed E-state index contributed by atoms with van der Waals surface area (Å²) in [5.41, 5.74) is -0.0729. The average Bonchev–Trinajstić information content (AvgIpc) is 3.28. The Morgan fingerprint density at radius 3 is 2.58 bits per heavy atom. The van der Waals surface area contributed by atoms with Crippen molar-refractivity contribution in [3.63, 3.8) is 0 Å². The van der Waals surface area contributed by atoms with Gasteiger partial charge in [-0.05, 0) is 23.6 Å². The highest BCUT2D eigenvalue weighted by Gasteiger charge is 2.55. The lowest BCUT2D eigenvalue weighted by atomic mass is 10.0. The van der Waals surface area contributed by atoms with E-state index in [0.717, 1.165) is 14.8 Å². The zero-order valence-electron chi connectivity index (χ0n) is 16.1. The minimum absolute atomic E-state index is 0.0484. The first-order valence-electron chi connectivity index (χ1n) is 9.25. The van der Waals surface area contributed by atoms with Crippen LogP contribution in [0.2, 0.25) is 0 Å². The van der Waals surface area contributed by atoms with E-state index in [1.165, 1.54) is 23.1 Å². The number of carboxylic acids is 1. The fraction of sp³-hybridized carbons (Fsp3) is 0.200. The van der Waals surface area contributed by atoms with Crippen molar-refractivity contribution in [3.05, 3.63) is 64.0 Å². The molecule has 3 amide bonds. The molecule has 4 N–H and O–H groups in total. The van der Waals surface area contributed by atoms with Crippen molar-refractivity contribution >= 4 is 52.5 Å². The van der Waals surface area contributed by atoms with Crippen LogP contribution in [-0.4, -0.2) is 50.9 Å². The van der Waals surface area contributed by atoms with E-state index in [9.17, 15) is 24.3 Å². The molecule has 1 aromatic heterocycles. The summed E-state index contributed by atoms with van der Waals surface area (Å²) in [5, 5.41) is 14.5. The molecule has 160 valence electrons. The monoisotopic (exact) mass is 458 g/mol. The molecule has 2 atom stereocenters. The van der Waals surface area contributed by atoms with Gasteiger partial charge < -0.3 is 10.4 Å². The first-order valence-corrected chi connectivity index (χ1v) is 11.2. The molecule has 9 nitrogen and oxygen atoms in total. The lowest BCUT2D eigenvalue weighted by Gasteiger charge is -2.49. The van der Waals surface area contributed by atoms with Crippen molar-refractivity contribution in [3.8, 4) is 0 Å². The number of fused-ring (bicyclic) bond motifs is 1. The number of β-lactam (4-membered cyclic amide) rings is 1. The molecule has 0 radical (unpaired) electrons. The van der Waals surface area contributed by atoms with Gasteiger partial charge in [0.1, 0.15) is 17.1 Å². The highest BCUT2D eigenvalue weighted by Crippen LogP contribution is 2.41. The Bertz CT molecular complexity index is 1070. The average molecular weight is 459 g/mol. The molecule has 1 unspecified atom stereocenters.